The van der Waals surface area contributed by atoms with Crippen LogP contribution in [-0.2, 0) is 4.79 Å². The first-order valence-electron chi connectivity index (χ1n) is 6.66. The Labute approximate surface area is 99.7 Å². The molecular weight excluding hydrogens is 198 g/mol. The number of hydrogen-bond donors (Lipinski definition) is 0. The van der Waals surface area contributed by atoms with Crippen molar-refractivity contribution in [2.45, 2.75) is 52.9 Å². The van der Waals surface area contributed by atoms with Gasteiger partial charge in [0.2, 0.25) is 5.91 Å². The highest BCUT2D eigenvalue weighted by Gasteiger charge is 2.15. The molecule has 0 radical (unpaired) electrons. The van der Waals surface area contributed by atoms with Crippen LogP contribution in [0.15, 0.2) is 11.6 Å². The van der Waals surface area contributed by atoms with Gasteiger partial charge in [-0.25, -0.2) is 0 Å². The van der Waals surface area contributed by atoms with E-state index in [2.05, 4.69) is 6.08 Å². The second-order valence-electron chi connectivity index (χ2n) is 4.73. The largest absolute Gasteiger partial charge is 0.340 e. The average molecular weight is 223 g/mol. The molecule has 0 aliphatic heterocycles. The van der Waals surface area contributed by atoms with Crippen LogP contribution in [0.3, 0.4) is 0 Å². The van der Waals surface area contributed by atoms with Crippen LogP contribution < -0.4 is 0 Å². The van der Waals surface area contributed by atoms with Crippen LogP contribution in [-0.4, -0.2) is 23.9 Å². The fourth-order valence-electron chi connectivity index (χ4n) is 2.49. The molecule has 0 N–H and O–H groups in total. The number of carbonyl (C=O) groups excluding carboxylic acids is 1. The fraction of sp³-hybridized carbons (Fsp3) is 0.786. The average Bonchev–Trinajstić information content (AvgIpc) is 2.31. The molecule has 16 heavy (non-hydrogen) atoms. The molecule has 1 aliphatic rings. The van der Waals surface area contributed by atoms with E-state index < -0.39 is 0 Å². The van der Waals surface area contributed by atoms with Crippen molar-refractivity contribution in [2.24, 2.45) is 5.92 Å². The fourth-order valence-corrected chi connectivity index (χ4v) is 2.49. The van der Waals surface area contributed by atoms with Crippen molar-refractivity contribution in [3.05, 3.63) is 11.6 Å². The van der Waals surface area contributed by atoms with Gasteiger partial charge in [-0.3, -0.25) is 4.79 Å². The molecular formula is C14H25NO. The number of nitrogens with zero attached hydrogens (tertiary/aromatic N) is 1. The van der Waals surface area contributed by atoms with Crippen LogP contribution >= 0.6 is 0 Å². The molecule has 92 valence electrons. The summed E-state index contributed by atoms with van der Waals surface area (Å²) in [5.74, 6) is 0.865. The van der Waals surface area contributed by atoms with Gasteiger partial charge in [0.1, 0.15) is 0 Å². The Morgan fingerprint density at radius 1 is 1.19 bits per heavy atom. The molecule has 2 nitrogen and oxygen atoms in total. The van der Waals surface area contributed by atoms with Crippen LogP contribution in [0.25, 0.3) is 0 Å². The van der Waals surface area contributed by atoms with Crippen LogP contribution in [0.4, 0.5) is 0 Å². The van der Waals surface area contributed by atoms with E-state index in [-0.39, 0.29) is 5.91 Å². The number of amides is 1. The summed E-state index contributed by atoms with van der Waals surface area (Å²) >= 11 is 0. The van der Waals surface area contributed by atoms with Gasteiger partial charge in [0, 0.05) is 18.7 Å². The molecule has 0 aromatic rings. The minimum absolute atomic E-state index is 0.218. The van der Waals surface area contributed by atoms with Crippen molar-refractivity contribution >= 4 is 5.91 Å². The third-order valence-corrected chi connectivity index (χ3v) is 3.52. The topological polar surface area (TPSA) is 20.3 Å². The van der Waals surface area contributed by atoms with Gasteiger partial charge in [-0.2, -0.15) is 0 Å². The Kier molecular flexibility index (Phi) is 5.58. The van der Waals surface area contributed by atoms with Crippen LogP contribution in [0.1, 0.15) is 52.9 Å². The molecule has 1 aliphatic carbocycles. The van der Waals surface area contributed by atoms with E-state index in [0.29, 0.717) is 5.92 Å². The van der Waals surface area contributed by atoms with Gasteiger partial charge in [-0.1, -0.05) is 25.3 Å². The first kappa shape index (κ1) is 13.3. The van der Waals surface area contributed by atoms with Gasteiger partial charge in [0.15, 0.2) is 0 Å². The highest BCUT2D eigenvalue weighted by atomic mass is 16.2. The number of carbonyl (C=O) groups is 1. The van der Waals surface area contributed by atoms with E-state index >= 15 is 0 Å². The van der Waals surface area contributed by atoms with Gasteiger partial charge in [0.25, 0.3) is 0 Å². The predicted molar refractivity (Wildman–Crippen MR) is 68.3 cm³/mol. The maximum Gasteiger partial charge on any atom is 0.249 e. The molecule has 1 rings (SSSR count). The number of likely N-dealkylation sites (N-methyl/N-ethyl adjacent to an activating group) is 1. The molecule has 1 fully saturated rings. The van der Waals surface area contributed by atoms with Crippen LogP contribution in [0.2, 0.25) is 0 Å². The Balaban J connectivity index is 2.56. The van der Waals surface area contributed by atoms with E-state index in [9.17, 15) is 4.79 Å². The van der Waals surface area contributed by atoms with Crippen LogP contribution in [0, 0.1) is 5.92 Å². The molecule has 1 amide bonds. The van der Waals surface area contributed by atoms with Crippen LogP contribution in [0.5, 0.6) is 0 Å². The maximum absolute atomic E-state index is 12.0. The lowest BCUT2D eigenvalue weighted by Crippen LogP contribution is -2.31. The van der Waals surface area contributed by atoms with Crippen molar-refractivity contribution in [3.8, 4) is 0 Å². The minimum atomic E-state index is 0.218. The van der Waals surface area contributed by atoms with Crippen molar-refractivity contribution in [1.82, 2.24) is 4.90 Å². The highest BCUT2D eigenvalue weighted by Crippen LogP contribution is 2.25. The standard InChI is InChI=1S/C14H25NO/c1-4-15(5-2)14(16)12(3)11-13-9-7-6-8-10-13/h11,13H,4-10H2,1-3H3/b12-11-. The van der Waals surface area contributed by atoms with E-state index in [1.54, 1.807) is 0 Å². The summed E-state index contributed by atoms with van der Waals surface area (Å²) in [5, 5.41) is 0. The summed E-state index contributed by atoms with van der Waals surface area (Å²) in [6.45, 7) is 7.66. The van der Waals surface area contributed by atoms with Crippen molar-refractivity contribution in [3.63, 3.8) is 0 Å². The second kappa shape index (κ2) is 6.72. The Morgan fingerprint density at radius 3 is 2.25 bits per heavy atom. The SMILES string of the molecule is CCN(CC)C(=O)/C(C)=C\C1CCCCC1. The molecule has 0 bridgehead atoms. The summed E-state index contributed by atoms with van der Waals surface area (Å²) < 4.78 is 0. The molecule has 0 heterocycles. The number of rotatable bonds is 4. The zero-order valence-corrected chi connectivity index (χ0v) is 11.0. The first-order chi connectivity index (χ1) is 7.69. The molecule has 0 aromatic carbocycles. The Bertz CT molecular complexity index is 247. The zero-order chi connectivity index (χ0) is 12.0. The lowest BCUT2D eigenvalue weighted by Gasteiger charge is -2.22. The molecule has 2 heteroatoms. The lowest BCUT2D eigenvalue weighted by molar-refractivity contribution is -0.126. The summed E-state index contributed by atoms with van der Waals surface area (Å²) in [4.78, 5) is 13.9. The van der Waals surface area contributed by atoms with Gasteiger partial charge in [-0.15, -0.1) is 0 Å². The molecule has 0 atom stereocenters. The lowest BCUT2D eigenvalue weighted by atomic mass is 9.88. The molecule has 0 saturated heterocycles. The minimum Gasteiger partial charge on any atom is -0.340 e. The second-order valence-corrected chi connectivity index (χ2v) is 4.73. The summed E-state index contributed by atoms with van der Waals surface area (Å²) in [6.07, 6.45) is 8.76. The van der Waals surface area contributed by atoms with Gasteiger partial charge < -0.3 is 4.90 Å². The third kappa shape index (κ3) is 3.66. The van der Waals surface area contributed by atoms with E-state index in [1.807, 2.05) is 25.7 Å². The highest BCUT2D eigenvalue weighted by molar-refractivity contribution is 5.92. The zero-order valence-electron chi connectivity index (χ0n) is 11.0. The monoisotopic (exact) mass is 223 g/mol. The number of allylic oxidation sites excluding steroid dienone is 1. The summed E-state index contributed by atoms with van der Waals surface area (Å²) in [7, 11) is 0. The van der Waals surface area contributed by atoms with Gasteiger partial charge in [-0.05, 0) is 39.5 Å². The Morgan fingerprint density at radius 2 is 1.75 bits per heavy atom. The van der Waals surface area contributed by atoms with E-state index in [4.69, 9.17) is 0 Å². The molecule has 1 saturated carbocycles. The van der Waals surface area contributed by atoms with Crippen molar-refractivity contribution < 1.29 is 4.79 Å². The maximum atomic E-state index is 12.0. The normalized spacial score (nSPS) is 18.6. The third-order valence-electron chi connectivity index (χ3n) is 3.52. The Hall–Kier alpha value is -0.790. The predicted octanol–water partition coefficient (Wildman–Crippen LogP) is 3.38. The molecule has 0 unspecified atom stereocenters. The number of hydrogen-bond acceptors (Lipinski definition) is 1. The molecule has 0 aromatic heterocycles. The van der Waals surface area contributed by atoms with Crippen molar-refractivity contribution in [1.29, 1.82) is 0 Å². The van der Waals surface area contributed by atoms with Gasteiger partial charge in [0.05, 0.1) is 0 Å². The van der Waals surface area contributed by atoms with Crippen molar-refractivity contribution in [2.75, 3.05) is 13.1 Å². The smallest absolute Gasteiger partial charge is 0.249 e. The van der Waals surface area contributed by atoms with E-state index in [0.717, 1.165) is 18.7 Å². The quantitative estimate of drug-likeness (QED) is 0.669. The van der Waals surface area contributed by atoms with E-state index in [1.165, 1.54) is 32.1 Å². The van der Waals surface area contributed by atoms with Gasteiger partial charge >= 0.3 is 0 Å². The molecule has 0 spiro atoms. The first-order valence-corrected chi connectivity index (χ1v) is 6.66. The summed E-state index contributed by atoms with van der Waals surface area (Å²) in [6, 6.07) is 0. The summed E-state index contributed by atoms with van der Waals surface area (Å²) in [5.41, 5.74) is 0.940.